The zero-order valence-corrected chi connectivity index (χ0v) is 14.4. The quantitative estimate of drug-likeness (QED) is 0.797. The fraction of sp³-hybridized carbons (Fsp3) is 0.556. The van der Waals surface area contributed by atoms with Gasteiger partial charge >= 0.3 is 0 Å². The number of hydrogen-bond acceptors (Lipinski definition) is 7. The molecule has 2 aliphatic rings. The van der Waals surface area contributed by atoms with Gasteiger partial charge in [0.15, 0.2) is 11.5 Å². The van der Waals surface area contributed by atoms with Gasteiger partial charge < -0.3 is 18.7 Å². The van der Waals surface area contributed by atoms with Crippen molar-refractivity contribution in [1.29, 1.82) is 0 Å². The number of aromatic nitrogens is 2. The van der Waals surface area contributed by atoms with E-state index in [9.17, 15) is 0 Å². The Balaban J connectivity index is 1.33. The normalized spacial score (nSPS) is 19.5. The number of benzene rings is 1. The van der Waals surface area contributed by atoms with Gasteiger partial charge in [0.2, 0.25) is 18.5 Å². The number of hydrogen-bond donors (Lipinski definition) is 0. The van der Waals surface area contributed by atoms with E-state index in [0.29, 0.717) is 30.1 Å². The number of nitrogens with zero attached hydrogens (tertiary/aromatic N) is 3. The van der Waals surface area contributed by atoms with Crippen molar-refractivity contribution in [3.8, 4) is 22.9 Å². The molecule has 4 rings (SSSR count). The minimum Gasteiger partial charge on any atom is -0.454 e. The molecule has 2 aliphatic heterocycles. The van der Waals surface area contributed by atoms with Crippen LogP contribution in [0.2, 0.25) is 0 Å². The molecule has 0 saturated carbocycles. The first-order valence-corrected chi connectivity index (χ1v) is 8.81. The zero-order chi connectivity index (χ0) is 17.1. The largest absolute Gasteiger partial charge is 0.454 e. The molecule has 0 spiro atoms. The van der Waals surface area contributed by atoms with Crippen LogP contribution < -0.4 is 9.47 Å². The summed E-state index contributed by atoms with van der Waals surface area (Å²) >= 11 is 0. The highest BCUT2D eigenvalue weighted by Gasteiger charge is 2.18. The van der Waals surface area contributed by atoms with E-state index in [1.807, 2.05) is 18.2 Å². The summed E-state index contributed by atoms with van der Waals surface area (Å²) in [5.41, 5.74) is 0.859. The molecule has 0 amide bonds. The molecule has 0 radical (unpaired) electrons. The fourth-order valence-electron chi connectivity index (χ4n) is 3.18. The molecule has 0 bridgehead atoms. The van der Waals surface area contributed by atoms with E-state index in [2.05, 4.69) is 22.1 Å². The molecule has 1 aromatic carbocycles. The smallest absolute Gasteiger partial charge is 0.241 e. The lowest BCUT2D eigenvalue weighted by molar-refractivity contribution is 0.00602. The van der Waals surface area contributed by atoms with Gasteiger partial charge in [0.1, 0.15) is 0 Å². The summed E-state index contributed by atoms with van der Waals surface area (Å²) in [6, 6.07) is 5.65. The van der Waals surface area contributed by atoms with Crippen molar-refractivity contribution in [3.05, 3.63) is 24.1 Å². The van der Waals surface area contributed by atoms with Crippen LogP contribution in [0.5, 0.6) is 11.5 Å². The molecule has 25 heavy (non-hydrogen) atoms. The van der Waals surface area contributed by atoms with Crippen LogP contribution in [0.3, 0.4) is 0 Å². The van der Waals surface area contributed by atoms with Gasteiger partial charge in [0.05, 0.1) is 12.6 Å². The second-order valence-corrected chi connectivity index (χ2v) is 6.59. The highest BCUT2D eigenvalue weighted by molar-refractivity contribution is 5.61. The van der Waals surface area contributed by atoms with E-state index in [-0.39, 0.29) is 6.79 Å². The van der Waals surface area contributed by atoms with Crippen LogP contribution in [0.15, 0.2) is 22.7 Å². The zero-order valence-electron chi connectivity index (χ0n) is 14.4. The van der Waals surface area contributed by atoms with Gasteiger partial charge in [-0.15, -0.1) is 0 Å². The molecule has 0 N–H and O–H groups in total. The maximum Gasteiger partial charge on any atom is 0.241 e. The molecule has 2 aromatic rings. The maximum atomic E-state index is 5.78. The van der Waals surface area contributed by atoms with Crippen molar-refractivity contribution in [2.24, 2.45) is 0 Å². The highest BCUT2D eigenvalue weighted by Crippen LogP contribution is 2.35. The average Bonchev–Trinajstić information content (AvgIpc) is 3.29. The van der Waals surface area contributed by atoms with E-state index >= 15 is 0 Å². The second-order valence-electron chi connectivity index (χ2n) is 6.59. The van der Waals surface area contributed by atoms with E-state index in [0.717, 1.165) is 30.9 Å². The molecule has 0 aliphatic carbocycles. The summed E-state index contributed by atoms with van der Waals surface area (Å²) in [6.07, 6.45) is 5.07. The lowest BCUT2D eigenvalue weighted by Gasteiger charge is -2.24. The predicted octanol–water partition coefficient (Wildman–Crippen LogP) is 2.86. The molecule has 1 saturated heterocycles. The van der Waals surface area contributed by atoms with Gasteiger partial charge in [-0.05, 0) is 50.9 Å². The van der Waals surface area contributed by atoms with Crippen molar-refractivity contribution in [1.82, 2.24) is 15.0 Å². The standard InChI is InChI=1S/C18H23N3O4/c1-21(8-7-14-4-2-3-9-22-14)11-17-19-18(20-25-17)13-5-6-15-16(10-13)24-12-23-15/h5-6,10,14H,2-4,7-9,11-12H2,1H3. The SMILES string of the molecule is CN(CCC1CCCCO1)Cc1nc(-c2ccc3c(c2)OCO3)no1. The minimum absolute atomic E-state index is 0.256. The van der Waals surface area contributed by atoms with Gasteiger partial charge in [-0.3, -0.25) is 4.90 Å². The van der Waals surface area contributed by atoms with Gasteiger partial charge in [0, 0.05) is 18.7 Å². The van der Waals surface area contributed by atoms with Crippen molar-refractivity contribution < 1.29 is 18.7 Å². The van der Waals surface area contributed by atoms with Crippen LogP contribution in [-0.2, 0) is 11.3 Å². The van der Waals surface area contributed by atoms with Gasteiger partial charge in [-0.2, -0.15) is 4.98 Å². The van der Waals surface area contributed by atoms with Crippen LogP contribution in [0.4, 0.5) is 0 Å². The average molecular weight is 345 g/mol. The molecular weight excluding hydrogens is 322 g/mol. The lowest BCUT2D eigenvalue weighted by atomic mass is 10.1. The van der Waals surface area contributed by atoms with E-state index in [1.54, 1.807) is 0 Å². The molecule has 3 heterocycles. The van der Waals surface area contributed by atoms with Crippen LogP contribution >= 0.6 is 0 Å². The Kier molecular flexibility index (Phi) is 4.85. The highest BCUT2D eigenvalue weighted by atomic mass is 16.7. The Morgan fingerprint density at radius 1 is 1.20 bits per heavy atom. The summed E-state index contributed by atoms with van der Waals surface area (Å²) in [7, 11) is 2.06. The Labute approximate surface area is 146 Å². The van der Waals surface area contributed by atoms with Gasteiger partial charge in [-0.25, -0.2) is 0 Å². The van der Waals surface area contributed by atoms with Crippen molar-refractivity contribution in [3.63, 3.8) is 0 Å². The monoisotopic (exact) mass is 345 g/mol. The maximum absolute atomic E-state index is 5.78. The summed E-state index contributed by atoms with van der Waals surface area (Å²) in [6.45, 7) is 2.74. The Bertz CT molecular complexity index is 712. The number of fused-ring (bicyclic) bond motifs is 1. The summed E-state index contributed by atoms with van der Waals surface area (Å²) in [5, 5.41) is 4.08. The summed E-state index contributed by atoms with van der Waals surface area (Å²) < 4.78 is 21.9. The van der Waals surface area contributed by atoms with Crippen LogP contribution in [0.25, 0.3) is 11.4 Å². The Hall–Kier alpha value is -2.12. The number of ether oxygens (including phenoxy) is 3. The third-order valence-corrected chi connectivity index (χ3v) is 4.61. The van der Waals surface area contributed by atoms with Gasteiger partial charge in [0.25, 0.3) is 0 Å². The molecule has 7 heteroatoms. The molecule has 1 unspecified atom stereocenters. The molecule has 1 atom stereocenters. The minimum atomic E-state index is 0.256. The van der Waals surface area contributed by atoms with Crippen molar-refractivity contribution >= 4 is 0 Å². The molecule has 134 valence electrons. The summed E-state index contributed by atoms with van der Waals surface area (Å²) in [4.78, 5) is 6.68. The van der Waals surface area contributed by atoms with Crippen LogP contribution in [0, 0.1) is 0 Å². The first-order chi connectivity index (χ1) is 12.3. The van der Waals surface area contributed by atoms with Crippen LogP contribution in [-0.4, -0.2) is 48.1 Å². The van der Waals surface area contributed by atoms with E-state index < -0.39 is 0 Å². The third-order valence-electron chi connectivity index (χ3n) is 4.61. The molecule has 1 fully saturated rings. The first kappa shape index (κ1) is 16.4. The second kappa shape index (κ2) is 7.41. The number of rotatable bonds is 6. The van der Waals surface area contributed by atoms with Gasteiger partial charge in [-0.1, -0.05) is 5.16 Å². The third kappa shape index (κ3) is 3.93. The first-order valence-electron chi connectivity index (χ1n) is 8.81. The Morgan fingerprint density at radius 3 is 3.00 bits per heavy atom. The molecular formula is C18H23N3O4. The lowest BCUT2D eigenvalue weighted by Crippen LogP contribution is -2.26. The van der Waals surface area contributed by atoms with Crippen molar-refractivity contribution in [2.45, 2.75) is 38.3 Å². The fourth-order valence-corrected chi connectivity index (χ4v) is 3.18. The Morgan fingerprint density at radius 2 is 2.12 bits per heavy atom. The topological polar surface area (TPSA) is 69.9 Å². The van der Waals surface area contributed by atoms with Crippen molar-refractivity contribution in [2.75, 3.05) is 27.0 Å². The molecule has 1 aromatic heterocycles. The predicted molar refractivity (Wildman–Crippen MR) is 90.4 cm³/mol. The van der Waals surface area contributed by atoms with E-state index in [1.165, 1.54) is 19.3 Å². The van der Waals surface area contributed by atoms with E-state index in [4.69, 9.17) is 18.7 Å². The summed E-state index contributed by atoms with van der Waals surface area (Å²) in [5.74, 6) is 2.64. The molecule has 7 nitrogen and oxygen atoms in total. The van der Waals surface area contributed by atoms with Crippen LogP contribution in [0.1, 0.15) is 31.6 Å².